The Morgan fingerprint density at radius 1 is 1.03 bits per heavy atom. The number of amides is 2. The van der Waals surface area contributed by atoms with Crippen LogP contribution in [0.25, 0.3) is 10.1 Å². The molecule has 4 aromatic rings. The molecule has 152 valence electrons. The van der Waals surface area contributed by atoms with Crippen LogP contribution in [0.2, 0.25) is 5.02 Å². The fourth-order valence-corrected chi connectivity index (χ4v) is 5.28. The van der Waals surface area contributed by atoms with Gasteiger partial charge in [0.1, 0.15) is 9.88 Å². The molecule has 2 amide bonds. The first kappa shape index (κ1) is 20.9. The summed E-state index contributed by atoms with van der Waals surface area (Å²) in [6, 6.07) is 14.8. The fourth-order valence-electron chi connectivity index (χ4n) is 2.73. The number of halogens is 2. The molecule has 0 radical (unpaired) electrons. The lowest BCUT2D eigenvalue weighted by atomic mass is 10.2. The molecule has 2 heterocycles. The Hall–Kier alpha value is -2.33. The Kier molecular flexibility index (Phi) is 6.43. The van der Waals surface area contributed by atoms with E-state index < -0.39 is 0 Å². The molecule has 4 rings (SSSR count). The number of rotatable bonds is 6. The zero-order chi connectivity index (χ0) is 21.1. The maximum Gasteiger partial charge on any atom is 0.269 e. The fraction of sp³-hybridized carbons (Fsp3) is 0.100. The highest BCUT2D eigenvalue weighted by molar-refractivity contribution is 9.10. The Balaban J connectivity index is 1.34. The van der Waals surface area contributed by atoms with Gasteiger partial charge in [-0.05, 0) is 24.3 Å². The van der Waals surface area contributed by atoms with Gasteiger partial charge in [-0.15, -0.1) is 21.5 Å². The number of thiophene rings is 1. The molecule has 0 aliphatic heterocycles. The molecule has 0 spiro atoms. The average molecular weight is 522 g/mol. The summed E-state index contributed by atoms with van der Waals surface area (Å²) in [6.45, 7) is 0.413. The van der Waals surface area contributed by atoms with Gasteiger partial charge < -0.3 is 5.32 Å². The molecule has 0 fully saturated rings. The summed E-state index contributed by atoms with van der Waals surface area (Å²) in [4.78, 5) is 25.2. The molecule has 10 heteroatoms. The van der Waals surface area contributed by atoms with Crippen LogP contribution < -0.4 is 10.6 Å². The zero-order valence-electron chi connectivity index (χ0n) is 15.3. The lowest BCUT2D eigenvalue weighted by Gasteiger charge is -2.04. The number of carbonyl (C=O) groups is 2. The molecule has 0 saturated heterocycles. The summed E-state index contributed by atoms with van der Waals surface area (Å²) in [6.07, 6.45) is 0.511. The van der Waals surface area contributed by atoms with Gasteiger partial charge in [-0.3, -0.25) is 14.9 Å². The van der Waals surface area contributed by atoms with Gasteiger partial charge in [0.25, 0.3) is 11.8 Å². The van der Waals surface area contributed by atoms with Crippen molar-refractivity contribution in [1.82, 2.24) is 15.5 Å². The predicted octanol–water partition coefficient (Wildman–Crippen LogP) is 5.39. The Morgan fingerprint density at radius 2 is 1.87 bits per heavy atom. The van der Waals surface area contributed by atoms with E-state index in [1.165, 1.54) is 22.7 Å². The minimum atomic E-state index is -0.313. The number of benzene rings is 2. The second-order valence-electron chi connectivity index (χ2n) is 6.21. The van der Waals surface area contributed by atoms with Crippen LogP contribution in [0.3, 0.4) is 0 Å². The summed E-state index contributed by atoms with van der Waals surface area (Å²) in [5.41, 5.74) is 0.579. The molecule has 0 aliphatic carbocycles. The van der Waals surface area contributed by atoms with E-state index in [-0.39, 0.29) is 11.8 Å². The molecule has 2 aromatic heterocycles. The van der Waals surface area contributed by atoms with Crippen molar-refractivity contribution in [3.05, 3.63) is 73.5 Å². The topological polar surface area (TPSA) is 84.0 Å². The highest BCUT2D eigenvalue weighted by Gasteiger charge is 2.18. The number of nitrogens with one attached hydrogen (secondary N) is 2. The summed E-state index contributed by atoms with van der Waals surface area (Å²) in [7, 11) is 0. The van der Waals surface area contributed by atoms with E-state index in [1.807, 2.05) is 36.4 Å². The van der Waals surface area contributed by atoms with Gasteiger partial charge >= 0.3 is 0 Å². The van der Waals surface area contributed by atoms with Gasteiger partial charge in [0.05, 0.1) is 5.02 Å². The van der Waals surface area contributed by atoms with Crippen molar-refractivity contribution in [2.24, 2.45) is 0 Å². The van der Waals surface area contributed by atoms with Crippen molar-refractivity contribution < 1.29 is 9.59 Å². The number of nitrogens with zero attached hydrogens (tertiary/aromatic N) is 2. The van der Waals surface area contributed by atoms with Crippen molar-refractivity contribution in [3.8, 4) is 0 Å². The Morgan fingerprint density at radius 3 is 2.67 bits per heavy atom. The number of aromatic nitrogens is 2. The van der Waals surface area contributed by atoms with Crippen molar-refractivity contribution in [1.29, 1.82) is 0 Å². The number of hydrogen-bond acceptors (Lipinski definition) is 6. The molecule has 2 aromatic carbocycles. The standard InChI is InChI=1S/C20H14BrClN4O2S2/c21-12-5-3-4-11(10-12)18(27)23-9-8-15-25-26-20(30-15)24-19(28)17-16(22)13-6-1-2-7-14(13)29-17/h1-7,10H,8-9H2,(H,23,27)(H,24,26,28). The van der Waals surface area contributed by atoms with Crippen molar-refractivity contribution >= 4 is 77.2 Å². The van der Waals surface area contributed by atoms with E-state index in [9.17, 15) is 9.59 Å². The normalized spacial score (nSPS) is 10.9. The maximum absolute atomic E-state index is 12.6. The Bertz CT molecular complexity index is 1240. The molecular weight excluding hydrogens is 508 g/mol. The van der Waals surface area contributed by atoms with Crippen LogP contribution in [-0.4, -0.2) is 28.6 Å². The largest absolute Gasteiger partial charge is 0.352 e. The van der Waals surface area contributed by atoms with E-state index >= 15 is 0 Å². The summed E-state index contributed by atoms with van der Waals surface area (Å²) >= 11 is 12.3. The summed E-state index contributed by atoms with van der Waals surface area (Å²) < 4.78 is 1.80. The first-order valence-corrected chi connectivity index (χ1v) is 11.7. The first-order chi connectivity index (χ1) is 14.5. The lowest BCUT2D eigenvalue weighted by Crippen LogP contribution is -2.25. The quantitative estimate of drug-likeness (QED) is 0.356. The zero-order valence-corrected chi connectivity index (χ0v) is 19.3. The van der Waals surface area contributed by atoms with E-state index in [0.29, 0.717) is 38.6 Å². The van der Waals surface area contributed by atoms with E-state index in [0.717, 1.165) is 14.6 Å². The van der Waals surface area contributed by atoms with E-state index in [4.69, 9.17) is 11.6 Å². The molecule has 0 bridgehead atoms. The summed E-state index contributed by atoms with van der Waals surface area (Å²) in [5, 5.41) is 16.1. The molecule has 0 saturated carbocycles. The average Bonchev–Trinajstić information content (AvgIpc) is 3.32. The van der Waals surface area contributed by atoms with Crippen LogP contribution in [0.4, 0.5) is 5.13 Å². The van der Waals surface area contributed by atoms with E-state index in [2.05, 4.69) is 36.8 Å². The van der Waals surface area contributed by atoms with Gasteiger partial charge in [-0.1, -0.05) is 63.1 Å². The number of fused-ring (bicyclic) bond motifs is 1. The van der Waals surface area contributed by atoms with Crippen LogP contribution in [0.15, 0.2) is 53.0 Å². The third-order valence-corrected chi connectivity index (χ3v) is 7.21. The van der Waals surface area contributed by atoms with E-state index in [1.54, 1.807) is 12.1 Å². The van der Waals surface area contributed by atoms with Crippen molar-refractivity contribution in [3.63, 3.8) is 0 Å². The van der Waals surface area contributed by atoms with Gasteiger partial charge in [-0.2, -0.15) is 0 Å². The van der Waals surface area contributed by atoms with Gasteiger partial charge in [0, 0.05) is 33.1 Å². The number of anilines is 1. The van der Waals surface area contributed by atoms with Crippen LogP contribution in [0, 0.1) is 0 Å². The van der Waals surface area contributed by atoms with Gasteiger partial charge in [-0.25, -0.2) is 0 Å². The molecule has 30 heavy (non-hydrogen) atoms. The smallest absolute Gasteiger partial charge is 0.269 e. The molecule has 6 nitrogen and oxygen atoms in total. The van der Waals surface area contributed by atoms with Crippen LogP contribution >= 0.6 is 50.2 Å². The van der Waals surface area contributed by atoms with Crippen LogP contribution in [0.1, 0.15) is 25.0 Å². The van der Waals surface area contributed by atoms with Crippen LogP contribution in [0.5, 0.6) is 0 Å². The Labute approximate surface area is 193 Å². The van der Waals surface area contributed by atoms with Crippen LogP contribution in [-0.2, 0) is 6.42 Å². The second kappa shape index (κ2) is 9.22. The molecule has 0 atom stereocenters. The van der Waals surface area contributed by atoms with Gasteiger partial charge in [0.2, 0.25) is 5.13 Å². The maximum atomic E-state index is 12.6. The van der Waals surface area contributed by atoms with Crippen molar-refractivity contribution in [2.75, 3.05) is 11.9 Å². The SMILES string of the molecule is O=C(NCCc1nnc(NC(=O)c2sc3ccccc3c2Cl)s1)c1cccc(Br)c1. The minimum absolute atomic E-state index is 0.159. The lowest BCUT2D eigenvalue weighted by molar-refractivity contribution is 0.0953. The highest BCUT2D eigenvalue weighted by atomic mass is 79.9. The van der Waals surface area contributed by atoms with Crippen molar-refractivity contribution in [2.45, 2.75) is 6.42 Å². The number of hydrogen-bond donors (Lipinski definition) is 2. The second-order valence-corrected chi connectivity index (χ2v) is 9.62. The number of carbonyl (C=O) groups excluding carboxylic acids is 2. The molecular formula is C20H14BrClN4O2S2. The predicted molar refractivity (Wildman–Crippen MR) is 125 cm³/mol. The molecule has 0 unspecified atom stereocenters. The monoisotopic (exact) mass is 520 g/mol. The van der Waals surface area contributed by atoms with Gasteiger partial charge in [0.15, 0.2) is 0 Å². The third kappa shape index (κ3) is 4.70. The molecule has 0 aliphatic rings. The third-order valence-electron chi connectivity index (χ3n) is 4.14. The highest BCUT2D eigenvalue weighted by Crippen LogP contribution is 2.35. The minimum Gasteiger partial charge on any atom is -0.352 e. The summed E-state index contributed by atoms with van der Waals surface area (Å²) in [5.74, 6) is -0.472. The molecule has 2 N–H and O–H groups in total. The first-order valence-electron chi connectivity index (χ1n) is 8.86.